The Balaban J connectivity index is 2.86. The van der Waals surface area contributed by atoms with E-state index in [9.17, 15) is 18.0 Å². The number of benzene rings is 1. The van der Waals surface area contributed by atoms with E-state index in [-0.39, 0.29) is 5.69 Å². The maximum absolute atomic E-state index is 12.5. The lowest BCUT2D eigenvalue weighted by molar-refractivity contribution is -0.137. The van der Waals surface area contributed by atoms with Crippen LogP contribution in [0.25, 0.3) is 0 Å². The number of allylic oxidation sites excluding steroid dienone is 1. The number of halogens is 3. The van der Waals surface area contributed by atoms with Gasteiger partial charge in [-0.1, -0.05) is 6.07 Å². The van der Waals surface area contributed by atoms with Crippen LogP contribution < -0.4 is 5.32 Å². The van der Waals surface area contributed by atoms with Crippen LogP contribution in [-0.2, 0) is 15.7 Å². The summed E-state index contributed by atoms with van der Waals surface area (Å²) in [5.74, 6) is -0.577. The van der Waals surface area contributed by atoms with Crippen LogP contribution in [-0.4, -0.2) is 13.1 Å². The van der Waals surface area contributed by atoms with Crippen LogP contribution in [0.1, 0.15) is 12.5 Å². The summed E-state index contributed by atoms with van der Waals surface area (Å²) in [6, 6.07) is 4.71. The van der Waals surface area contributed by atoms with Gasteiger partial charge in [-0.3, -0.25) is 0 Å². The molecule has 18 heavy (non-hydrogen) atoms. The quantitative estimate of drug-likeness (QED) is 0.669. The zero-order chi connectivity index (χ0) is 13.8. The predicted molar refractivity (Wildman–Crippen MR) is 60.8 cm³/mol. The van der Waals surface area contributed by atoms with Gasteiger partial charge in [-0.2, -0.15) is 13.2 Å². The molecule has 0 aliphatic rings. The average Bonchev–Trinajstić information content (AvgIpc) is 2.27. The van der Waals surface area contributed by atoms with E-state index in [0.29, 0.717) is 5.70 Å². The Hall–Kier alpha value is -1.98. The van der Waals surface area contributed by atoms with Gasteiger partial charge in [-0.05, 0) is 25.1 Å². The van der Waals surface area contributed by atoms with Crippen molar-refractivity contribution in [3.8, 4) is 0 Å². The van der Waals surface area contributed by atoms with Crippen LogP contribution in [0.15, 0.2) is 36.0 Å². The third-order valence-electron chi connectivity index (χ3n) is 2.07. The summed E-state index contributed by atoms with van der Waals surface area (Å²) in [6.45, 7) is 1.55. The lowest BCUT2D eigenvalue weighted by Crippen LogP contribution is -2.06. The normalized spacial score (nSPS) is 12.2. The van der Waals surface area contributed by atoms with Gasteiger partial charge in [0.15, 0.2) is 0 Å². The third kappa shape index (κ3) is 4.12. The minimum atomic E-state index is -4.39. The van der Waals surface area contributed by atoms with Crippen LogP contribution in [0.5, 0.6) is 0 Å². The Morgan fingerprint density at radius 2 is 2.06 bits per heavy atom. The molecule has 1 rings (SSSR count). The van der Waals surface area contributed by atoms with Crippen molar-refractivity contribution in [2.45, 2.75) is 13.1 Å². The van der Waals surface area contributed by atoms with E-state index >= 15 is 0 Å². The number of alkyl halides is 3. The summed E-state index contributed by atoms with van der Waals surface area (Å²) >= 11 is 0. The van der Waals surface area contributed by atoms with Gasteiger partial charge >= 0.3 is 12.1 Å². The molecule has 0 amide bonds. The molecule has 98 valence electrons. The lowest BCUT2D eigenvalue weighted by atomic mass is 10.2. The third-order valence-corrected chi connectivity index (χ3v) is 2.07. The molecular weight excluding hydrogens is 247 g/mol. The molecule has 6 heteroatoms. The molecule has 0 bridgehead atoms. The summed E-state index contributed by atoms with van der Waals surface area (Å²) in [6.07, 6.45) is -3.24. The number of carbonyl (C=O) groups is 1. The summed E-state index contributed by atoms with van der Waals surface area (Å²) in [5, 5.41) is 2.68. The van der Waals surface area contributed by atoms with Gasteiger partial charge in [0.25, 0.3) is 0 Å². The Labute approximate surface area is 102 Å². The van der Waals surface area contributed by atoms with Crippen molar-refractivity contribution in [1.29, 1.82) is 0 Å². The second-order valence-corrected chi connectivity index (χ2v) is 3.55. The lowest BCUT2D eigenvalue weighted by Gasteiger charge is -2.10. The van der Waals surface area contributed by atoms with Gasteiger partial charge in [0, 0.05) is 17.5 Å². The minimum absolute atomic E-state index is 0.252. The van der Waals surface area contributed by atoms with Gasteiger partial charge in [-0.25, -0.2) is 4.79 Å². The summed E-state index contributed by atoms with van der Waals surface area (Å²) in [5.41, 5.74) is -0.109. The molecule has 3 nitrogen and oxygen atoms in total. The molecule has 0 aromatic heterocycles. The highest BCUT2D eigenvalue weighted by Gasteiger charge is 2.30. The van der Waals surface area contributed by atoms with Crippen LogP contribution in [0, 0.1) is 0 Å². The molecule has 0 heterocycles. The second-order valence-electron chi connectivity index (χ2n) is 3.55. The first-order chi connectivity index (χ1) is 8.32. The molecule has 0 aliphatic carbocycles. The van der Waals surface area contributed by atoms with Gasteiger partial charge in [0.2, 0.25) is 0 Å². The van der Waals surface area contributed by atoms with Crippen LogP contribution >= 0.6 is 0 Å². The first-order valence-corrected chi connectivity index (χ1v) is 5.03. The number of methoxy groups -OCH3 is 1. The Morgan fingerprint density at radius 1 is 1.39 bits per heavy atom. The number of rotatable bonds is 3. The van der Waals surface area contributed by atoms with Gasteiger partial charge < -0.3 is 10.1 Å². The Morgan fingerprint density at radius 3 is 2.61 bits per heavy atom. The van der Waals surface area contributed by atoms with Crippen LogP contribution in [0.4, 0.5) is 18.9 Å². The molecule has 1 aromatic carbocycles. The molecule has 0 fully saturated rings. The minimum Gasteiger partial charge on any atom is -0.466 e. The zero-order valence-corrected chi connectivity index (χ0v) is 9.84. The van der Waals surface area contributed by atoms with E-state index in [0.717, 1.165) is 18.2 Å². The standard InChI is InChI=1S/C12H12F3NO2/c1-8(6-11(17)18-2)16-10-5-3-4-9(7-10)12(13,14)15/h3-7,16H,1-2H3/b8-6+. The monoisotopic (exact) mass is 259 g/mol. The van der Waals surface area contributed by atoms with Crippen molar-refractivity contribution in [3.63, 3.8) is 0 Å². The maximum Gasteiger partial charge on any atom is 0.416 e. The molecule has 0 saturated carbocycles. The Bertz CT molecular complexity index is 467. The zero-order valence-electron chi connectivity index (χ0n) is 9.84. The number of nitrogens with one attached hydrogen (secondary N) is 1. The van der Waals surface area contributed by atoms with Crippen molar-refractivity contribution in [3.05, 3.63) is 41.6 Å². The van der Waals surface area contributed by atoms with Crippen molar-refractivity contribution in [1.82, 2.24) is 0 Å². The van der Waals surface area contributed by atoms with E-state index in [2.05, 4.69) is 10.1 Å². The number of carbonyl (C=O) groups excluding carboxylic acids is 1. The molecule has 0 aliphatic heterocycles. The molecule has 0 saturated heterocycles. The first-order valence-electron chi connectivity index (χ1n) is 5.03. The molecule has 0 unspecified atom stereocenters. The van der Waals surface area contributed by atoms with Crippen LogP contribution in [0.3, 0.4) is 0 Å². The number of hydrogen-bond acceptors (Lipinski definition) is 3. The van der Waals surface area contributed by atoms with E-state index < -0.39 is 17.7 Å². The molecular formula is C12H12F3NO2. The van der Waals surface area contributed by atoms with Crippen molar-refractivity contribution in [2.24, 2.45) is 0 Å². The van der Waals surface area contributed by atoms with Gasteiger partial charge in [0.1, 0.15) is 0 Å². The average molecular weight is 259 g/mol. The maximum atomic E-state index is 12.5. The summed E-state index contributed by atoms with van der Waals surface area (Å²) in [7, 11) is 1.22. The van der Waals surface area contributed by atoms with E-state index in [1.54, 1.807) is 6.92 Å². The molecule has 0 spiro atoms. The van der Waals surface area contributed by atoms with E-state index in [1.165, 1.54) is 19.2 Å². The summed E-state index contributed by atoms with van der Waals surface area (Å²) in [4.78, 5) is 10.9. The molecule has 0 radical (unpaired) electrons. The highest BCUT2D eigenvalue weighted by Crippen LogP contribution is 2.30. The second kappa shape index (κ2) is 5.57. The first kappa shape index (κ1) is 14.1. The fraction of sp³-hybridized carbons (Fsp3) is 0.250. The highest BCUT2D eigenvalue weighted by atomic mass is 19.4. The smallest absolute Gasteiger partial charge is 0.416 e. The predicted octanol–water partition coefficient (Wildman–Crippen LogP) is 3.19. The van der Waals surface area contributed by atoms with Crippen molar-refractivity contribution >= 4 is 11.7 Å². The molecule has 1 N–H and O–H groups in total. The molecule has 0 atom stereocenters. The van der Waals surface area contributed by atoms with E-state index in [4.69, 9.17) is 0 Å². The van der Waals surface area contributed by atoms with Gasteiger partial charge in [-0.15, -0.1) is 0 Å². The Kier molecular flexibility index (Phi) is 4.36. The van der Waals surface area contributed by atoms with E-state index in [1.807, 2.05) is 0 Å². The number of ether oxygens (including phenoxy) is 1. The van der Waals surface area contributed by atoms with Crippen molar-refractivity contribution < 1.29 is 22.7 Å². The number of hydrogen-bond donors (Lipinski definition) is 1. The topological polar surface area (TPSA) is 38.3 Å². The van der Waals surface area contributed by atoms with Crippen LogP contribution in [0.2, 0.25) is 0 Å². The number of anilines is 1. The fourth-order valence-electron chi connectivity index (χ4n) is 1.27. The number of esters is 1. The SMILES string of the molecule is COC(=O)/C=C(\C)Nc1cccc(C(F)(F)F)c1. The largest absolute Gasteiger partial charge is 0.466 e. The highest BCUT2D eigenvalue weighted by molar-refractivity contribution is 5.83. The summed E-state index contributed by atoms with van der Waals surface area (Å²) < 4.78 is 41.8. The molecule has 1 aromatic rings. The van der Waals surface area contributed by atoms with Gasteiger partial charge in [0.05, 0.1) is 12.7 Å². The fourth-order valence-corrected chi connectivity index (χ4v) is 1.27. The van der Waals surface area contributed by atoms with Crippen molar-refractivity contribution in [2.75, 3.05) is 12.4 Å².